The van der Waals surface area contributed by atoms with E-state index in [0.717, 1.165) is 6.42 Å². The first-order valence-electron chi connectivity index (χ1n) is 5.41. The molecule has 0 aromatic rings. The summed E-state index contributed by atoms with van der Waals surface area (Å²) in [5.74, 6) is -0.304. The zero-order chi connectivity index (χ0) is 12.1. The molecule has 16 heavy (non-hydrogen) atoms. The minimum atomic E-state index is -0.494. The second kappa shape index (κ2) is 5.48. The molecule has 1 unspecified atom stereocenters. The number of rotatable bonds is 5. The van der Waals surface area contributed by atoms with Crippen molar-refractivity contribution in [3.05, 3.63) is 0 Å². The Morgan fingerprint density at radius 1 is 1.56 bits per heavy atom. The third-order valence-corrected chi connectivity index (χ3v) is 2.34. The molecule has 6 nitrogen and oxygen atoms in total. The minimum absolute atomic E-state index is 0.0470. The summed E-state index contributed by atoms with van der Waals surface area (Å²) in [6, 6.07) is -0.798. The van der Waals surface area contributed by atoms with Crippen molar-refractivity contribution in [3.8, 4) is 0 Å². The number of amides is 2. The lowest BCUT2D eigenvalue weighted by molar-refractivity contribution is -0.143. The van der Waals surface area contributed by atoms with E-state index in [4.69, 9.17) is 10.1 Å². The third kappa shape index (κ3) is 2.71. The Hall–Kier alpha value is -1.59. The number of esters is 1. The highest BCUT2D eigenvalue weighted by Crippen LogP contribution is 2.13. The fourth-order valence-corrected chi connectivity index (χ4v) is 1.66. The molecular formula is C10H17N3O3. The molecule has 6 heteroatoms. The van der Waals surface area contributed by atoms with Crippen molar-refractivity contribution in [1.29, 1.82) is 5.41 Å². The van der Waals surface area contributed by atoms with E-state index >= 15 is 0 Å². The Kier molecular flexibility index (Phi) is 4.28. The molecule has 1 rings (SSSR count). The number of ether oxygens (including phenoxy) is 1. The first-order valence-corrected chi connectivity index (χ1v) is 5.41. The van der Waals surface area contributed by atoms with Crippen LogP contribution in [-0.2, 0) is 9.53 Å². The van der Waals surface area contributed by atoms with Crippen LogP contribution >= 0.6 is 0 Å². The summed E-state index contributed by atoms with van der Waals surface area (Å²) in [6.45, 7) is 4.52. The lowest BCUT2D eigenvalue weighted by atomic mass is 10.2. The van der Waals surface area contributed by atoms with Crippen LogP contribution < -0.4 is 5.32 Å². The van der Waals surface area contributed by atoms with Crippen LogP contribution in [-0.4, -0.2) is 41.9 Å². The lowest BCUT2D eigenvalue weighted by Gasteiger charge is -2.20. The molecule has 1 aliphatic heterocycles. The van der Waals surface area contributed by atoms with Crippen molar-refractivity contribution in [2.24, 2.45) is 0 Å². The van der Waals surface area contributed by atoms with Gasteiger partial charge in [-0.25, -0.2) is 4.79 Å². The van der Waals surface area contributed by atoms with E-state index in [-0.39, 0.29) is 24.3 Å². The van der Waals surface area contributed by atoms with Gasteiger partial charge in [0.25, 0.3) is 0 Å². The molecule has 0 aromatic heterocycles. The van der Waals surface area contributed by atoms with Crippen LogP contribution in [0.4, 0.5) is 4.79 Å². The third-order valence-electron chi connectivity index (χ3n) is 2.34. The number of nitrogens with one attached hydrogen (secondary N) is 2. The normalized spacial score (nSPS) is 19.9. The molecule has 1 heterocycles. The minimum Gasteiger partial charge on any atom is -0.466 e. The fourth-order valence-electron chi connectivity index (χ4n) is 1.66. The number of hydrogen-bond donors (Lipinski definition) is 2. The maximum atomic E-state index is 11.4. The lowest BCUT2D eigenvalue weighted by Crippen LogP contribution is -2.37. The van der Waals surface area contributed by atoms with E-state index in [1.54, 1.807) is 6.92 Å². The van der Waals surface area contributed by atoms with Gasteiger partial charge in [-0.05, 0) is 13.3 Å². The molecule has 0 saturated carbocycles. The molecule has 0 spiro atoms. The summed E-state index contributed by atoms with van der Waals surface area (Å²) in [5.41, 5.74) is 0. The summed E-state index contributed by atoms with van der Waals surface area (Å²) in [5, 5.41) is 10.0. The molecule has 2 amide bonds. The summed E-state index contributed by atoms with van der Waals surface area (Å²) in [6.07, 6.45) is 0.839. The van der Waals surface area contributed by atoms with Crippen molar-refractivity contribution < 1.29 is 14.3 Å². The second-order valence-electron chi connectivity index (χ2n) is 3.56. The summed E-state index contributed by atoms with van der Waals surface area (Å²) in [4.78, 5) is 24.3. The van der Waals surface area contributed by atoms with Crippen molar-refractivity contribution in [3.63, 3.8) is 0 Å². The predicted molar refractivity (Wildman–Crippen MR) is 58.3 cm³/mol. The summed E-state index contributed by atoms with van der Waals surface area (Å²) in [7, 11) is 0. The van der Waals surface area contributed by atoms with Gasteiger partial charge in [-0.2, -0.15) is 0 Å². The van der Waals surface area contributed by atoms with Crippen LogP contribution in [0.15, 0.2) is 0 Å². The average molecular weight is 227 g/mol. The van der Waals surface area contributed by atoms with E-state index in [0.29, 0.717) is 13.2 Å². The molecule has 90 valence electrons. The zero-order valence-corrected chi connectivity index (χ0v) is 9.58. The Balaban J connectivity index is 2.64. The standard InChI is InChI=1S/C10H17N3O3/c1-3-5-13-7(6-8(14)16-4-2)9(11)12-10(13)15/h7H,3-6H2,1-2H3,(H2,11,12,15). The molecule has 1 atom stereocenters. The highest BCUT2D eigenvalue weighted by Gasteiger charge is 2.36. The van der Waals surface area contributed by atoms with Gasteiger partial charge in [-0.15, -0.1) is 0 Å². The number of urea groups is 1. The smallest absolute Gasteiger partial charge is 0.323 e. The Labute approximate surface area is 94.4 Å². The molecule has 2 N–H and O–H groups in total. The predicted octanol–water partition coefficient (Wildman–Crippen LogP) is 0.721. The largest absolute Gasteiger partial charge is 0.466 e. The van der Waals surface area contributed by atoms with Gasteiger partial charge in [-0.3, -0.25) is 15.5 Å². The molecule has 0 aliphatic carbocycles. The van der Waals surface area contributed by atoms with Crippen molar-refractivity contribution in [1.82, 2.24) is 10.2 Å². The van der Waals surface area contributed by atoms with Gasteiger partial charge >= 0.3 is 12.0 Å². The van der Waals surface area contributed by atoms with E-state index < -0.39 is 6.04 Å². The summed E-state index contributed by atoms with van der Waals surface area (Å²) < 4.78 is 4.81. The van der Waals surface area contributed by atoms with Gasteiger partial charge in [0, 0.05) is 6.54 Å². The molecule has 0 bridgehead atoms. The SMILES string of the molecule is CCCN1C(=O)NC(=N)C1CC(=O)OCC. The number of carbonyl (C=O) groups excluding carboxylic acids is 2. The van der Waals surface area contributed by atoms with Crippen LogP contribution in [0.1, 0.15) is 26.7 Å². The molecule has 0 radical (unpaired) electrons. The average Bonchev–Trinajstić information content (AvgIpc) is 2.46. The van der Waals surface area contributed by atoms with E-state index in [2.05, 4.69) is 5.32 Å². The zero-order valence-electron chi connectivity index (χ0n) is 9.58. The van der Waals surface area contributed by atoms with Crippen molar-refractivity contribution in [2.45, 2.75) is 32.7 Å². The van der Waals surface area contributed by atoms with Gasteiger partial charge in [0.2, 0.25) is 0 Å². The van der Waals surface area contributed by atoms with Crippen LogP contribution in [0.25, 0.3) is 0 Å². The number of hydrogen-bond acceptors (Lipinski definition) is 4. The Morgan fingerprint density at radius 3 is 2.81 bits per heavy atom. The molecule has 1 aliphatic rings. The van der Waals surface area contributed by atoms with Crippen molar-refractivity contribution in [2.75, 3.05) is 13.2 Å². The maximum Gasteiger partial charge on any atom is 0.323 e. The van der Waals surface area contributed by atoms with E-state index in [9.17, 15) is 9.59 Å². The van der Waals surface area contributed by atoms with Gasteiger partial charge in [-0.1, -0.05) is 6.92 Å². The number of nitrogens with zero attached hydrogens (tertiary/aromatic N) is 1. The van der Waals surface area contributed by atoms with Crippen LogP contribution in [0, 0.1) is 5.41 Å². The van der Waals surface area contributed by atoms with E-state index in [1.807, 2.05) is 6.92 Å². The van der Waals surface area contributed by atoms with Gasteiger partial charge in [0.1, 0.15) is 11.9 Å². The monoisotopic (exact) mass is 227 g/mol. The first kappa shape index (κ1) is 12.5. The van der Waals surface area contributed by atoms with Gasteiger partial charge < -0.3 is 9.64 Å². The highest BCUT2D eigenvalue weighted by molar-refractivity contribution is 6.06. The molecule has 1 fully saturated rings. The maximum absolute atomic E-state index is 11.4. The van der Waals surface area contributed by atoms with Crippen LogP contribution in [0.5, 0.6) is 0 Å². The quantitative estimate of drug-likeness (QED) is 0.679. The Bertz CT molecular complexity index is 304. The second-order valence-corrected chi connectivity index (χ2v) is 3.56. The number of amidine groups is 1. The topological polar surface area (TPSA) is 82.5 Å². The van der Waals surface area contributed by atoms with Crippen LogP contribution in [0.2, 0.25) is 0 Å². The molecule has 0 aromatic carbocycles. The van der Waals surface area contributed by atoms with Gasteiger partial charge in [0.05, 0.1) is 13.0 Å². The fraction of sp³-hybridized carbons (Fsp3) is 0.700. The molecular weight excluding hydrogens is 210 g/mol. The van der Waals surface area contributed by atoms with Crippen molar-refractivity contribution >= 4 is 17.8 Å². The summed E-state index contributed by atoms with van der Waals surface area (Å²) >= 11 is 0. The highest BCUT2D eigenvalue weighted by atomic mass is 16.5. The first-order chi connectivity index (χ1) is 7.60. The number of carbonyl (C=O) groups is 2. The van der Waals surface area contributed by atoms with E-state index in [1.165, 1.54) is 4.90 Å². The Morgan fingerprint density at radius 2 is 2.25 bits per heavy atom. The van der Waals surface area contributed by atoms with Crippen LogP contribution in [0.3, 0.4) is 0 Å². The molecule has 1 saturated heterocycles. The van der Waals surface area contributed by atoms with Gasteiger partial charge in [0.15, 0.2) is 0 Å².